The van der Waals surface area contributed by atoms with Crippen LogP contribution in [0.15, 0.2) is 47.7 Å². The molecule has 1 aromatic carbocycles. The number of hydrogen-bond acceptors (Lipinski definition) is 3. The molecule has 0 atom stereocenters. The highest BCUT2D eigenvalue weighted by molar-refractivity contribution is 14.0. The predicted molar refractivity (Wildman–Crippen MR) is 119 cm³/mol. The fourth-order valence-corrected chi connectivity index (χ4v) is 2.96. The van der Waals surface area contributed by atoms with Crippen molar-refractivity contribution in [3.63, 3.8) is 0 Å². The zero-order valence-corrected chi connectivity index (χ0v) is 18.3. The van der Waals surface area contributed by atoms with Gasteiger partial charge in [0.05, 0.1) is 11.9 Å². The third-order valence-electron chi connectivity index (χ3n) is 3.71. The molecule has 1 N–H and O–H groups in total. The van der Waals surface area contributed by atoms with Crippen molar-refractivity contribution < 1.29 is 0 Å². The van der Waals surface area contributed by atoms with Crippen molar-refractivity contribution >= 4 is 41.7 Å². The van der Waals surface area contributed by atoms with Gasteiger partial charge in [-0.05, 0) is 37.0 Å². The van der Waals surface area contributed by atoms with Crippen LogP contribution in [0.25, 0.3) is 5.69 Å². The topological polar surface area (TPSA) is 45.5 Å². The molecule has 0 radical (unpaired) electrons. The molecule has 0 aliphatic rings. The van der Waals surface area contributed by atoms with E-state index in [-0.39, 0.29) is 24.0 Å². The maximum Gasteiger partial charge on any atom is 0.193 e. The number of hydrogen-bond donors (Lipinski definition) is 1. The van der Waals surface area contributed by atoms with Crippen LogP contribution >= 0.6 is 35.7 Å². The summed E-state index contributed by atoms with van der Waals surface area (Å²) in [5, 5.41) is 7.87. The number of halogens is 1. The Bertz CT molecular complexity index is 629. The second-order valence-corrected chi connectivity index (χ2v) is 6.64. The van der Waals surface area contributed by atoms with E-state index in [0.717, 1.165) is 30.3 Å². The average molecular weight is 473 g/mol. The maximum atomic E-state index is 4.45. The number of guanidine groups is 1. The molecule has 0 saturated carbocycles. The van der Waals surface area contributed by atoms with Crippen molar-refractivity contribution in [2.75, 3.05) is 32.6 Å². The second-order valence-electron chi connectivity index (χ2n) is 5.66. The first-order valence-electron chi connectivity index (χ1n) is 8.24. The lowest BCUT2D eigenvalue weighted by Gasteiger charge is -2.21. The van der Waals surface area contributed by atoms with E-state index >= 15 is 0 Å². The van der Waals surface area contributed by atoms with Crippen molar-refractivity contribution in [2.24, 2.45) is 4.99 Å². The Morgan fingerprint density at radius 1 is 1.28 bits per heavy atom. The van der Waals surface area contributed by atoms with Gasteiger partial charge in [-0.15, -0.1) is 24.0 Å². The average Bonchev–Trinajstić information content (AvgIpc) is 3.07. The first-order valence-corrected chi connectivity index (χ1v) is 9.63. The predicted octanol–water partition coefficient (Wildman–Crippen LogP) is 3.64. The number of thioether (sulfide) groups is 1. The van der Waals surface area contributed by atoms with E-state index in [0.29, 0.717) is 0 Å². The van der Waals surface area contributed by atoms with Crippen LogP contribution in [0, 0.1) is 0 Å². The van der Waals surface area contributed by atoms with Gasteiger partial charge < -0.3 is 10.2 Å². The van der Waals surface area contributed by atoms with Crippen LogP contribution < -0.4 is 5.32 Å². The highest BCUT2D eigenvalue weighted by atomic mass is 127. The third-order valence-corrected chi connectivity index (χ3v) is 4.41. The molecular weight excluding hydrogens is 445 g/mol. The van der Waals surface area contributed by atoms with E-state index < -0.39 is 0 Å². The molecule has 0 aliphatic carbocycles. The van der Waals surface area contributed by atoms with E-state index in [1.165, 1.54) is 18.6 Å². The summed E-state index contributed by atoms with van der Waals surface area (Å²) in [6, 6.07) is 10.2. The molecule has 25 heavy (non-hydrogen) atoms. The van der Waals surface area contributed by atoms with Crippen molar-refractivity contribution in [2.45, 2.75) is 19.4 Å². The Balaban J connectivity index is 0.00000312. The summed E-state index contributed by atoms with van der Waals surface area (Å²) >= 11 is 1.90. The summed E-state index contributed by atoms with van der Waals surface area (Å²) in [6.45, 7) is 1.73. The van der Waals surface area contributed by atoms with Crippen LogP contribution in [0.1, 0.15) is 18.4 Å². The Morgan fingerprint density at radius 2 is 2.04 bits per heavy atom. The van der Waals surface area contributed by atoms with E-state index in [9.17, 15) is 0 Å². The summed E-state index contributed by atoms with van der Waals surface area (Å²) in [4.78, 5) is 6.49. The molecule has 7 heteroatoms. The number of benzene rings is 1. The van der Waals surface area contributed by atoms with E-state index in [2.05, 4.69) is 51.9 Å². The van der Waals surface area contributed by atoms with E-state index in [1.54, 1.807) is 0 Å². The number of aromatic nitrogens is 2. The molecule has 0 aliphatic heterocycles. The lowest BCUT2D eigenvalue weighted by Crippen LogP contribution is -2.38. The van der Waals surface area contributed by atoms with Gasteiger partial charge in [0.25, 0.3) is 0 Å². The van der Waals surface area contributed by atoms with Gasteiger partial charge in [-0.25, -0.2) is 4.68 Å². The van der Waals surface area contributed by atoms with Gasteiger partial charge in [-0.2, -0.15) is 16.9 Å². The fourth-order valence-electron chi connectivity index (χ4n) is 2.47. The molecule has 0 bridgehead atoms. The zero-order chi connectivity index (χ0) is 17.2. The monoisotopic (exact) mass is 473 g/mol. The molecule has 0 amide bonds. The second kappa shape index (κ2) is 12.2. The first-order chi connectivity index (χ1) is 11.7. The minimum atomic E-state index is 0. The lowest BCUT2D eigenvalue weighted by atomic mass is 10.3. The first kappa shape index (κ1) is 21.8. The highest BCUT2D eigenvalue weighted by Crippen LogP contribution is 2.09. The Kier molecular flexibility index (Phi) is 10.6. The van der Waals surface area contributed by atoms with E-state index in [1.807, 2.05) is 47.9 Å². The summed E-state index contributed by atoms with van der Waals surface area (Å²) < 4.78 is 1.90. The van der Waals surface area contributed by atoms with Gasteiger partial charge in [0.15, 0.2) is 5.96 Å². The molecule has 1 heterocycles. The molecular formula is C18H28IN5S. The maximum absolute atomic E-state index is 4.45. The van der Waals surface area contributed by atoms with Gasteiger partial charge in [0.1, 0.15) is 0 Å². The zero-order valence-electron chi connectivity index (χ0n) is 15.2. The number of rotatable bonds is 8. The quantitative estimate of drug-likeness (QED) is 0.275. The van der Waals surface area contributed by atoms with Crippen LogP contribution in [-0.4, -0.2) is 53.3 Å². The summed E-state index contributed by atoms with van der Waals surface area (Å²) in [5.74, 6) is 2.14. The summed E-state index contributed by atoms with van der Waals surface area (Å²) in [7, 11) is 3.88. The SMILES string of the molecule is CN=C(NCCCCSC)N(C)Cc1cnn(-c2ccccc2)c1.I. The van der Waals surface area contributed by atoms with Crippen LogP contribution in [0.3, 0.4) is 0 Å². The number of para-hydroxylation sites is 1. The van der Waals surface area contributed by atoms with Crippen molar-refractivity contribution in [3.05, 3.63) is 48.3 Å². The molecule has 1 aromatic heterocycles. The number of nitrogens with zero attached hydrogens (tertiary/aromatic N) is 4. The minimum absolute atomic E-state index is 0. The van der Waals surface area contributed by atoms with Crippen LogP contribution in [-0.2, 0) is 6.54 Å². The Morgan fingerprint density at radius 3 is 2.72 bits per heavy atom. The molecule has 138 valence electrons. The number of aliphatic imine (C=N–C) groups is 1. The number of unbranched alkanes of at least 4 members (excludes halogenated alkanes) is 1. The molecule has 0 fully saturated rings. The Labute approximate surface area is 172 Å². The van der Waals surface area contributed by atoms with Crippen molar-refractivity contribution in [1.82, 2.24) is 20.0 Å². The van der Waals surface area contributed by atoms with Gasteiger partial charge >= 0.3 is 0 Å². The molecule has 0 spiro atoms. The molecule has 2 aromatic rings. The van der Waals surface area contributed by atoms with E-state index in [4.69, 9.17) is 0 Å². The van der Waals surface area contributed by atoms with Gasteiger partial charge in [-0.1, -0.05) is 18.2 Å². The normalized spacial score (nSPS) is 11.1. The summed E-state index contributed by atoms with van der Waals surface area (Å²) in [6.07, 6.45) is 8.53. The summed E-state index contributed by atoms with van der Waals surface area (Å²) in [5.41, 5.74) is 2.23. The van der Waals surface area contributed by atoms with Gasteiger partial charge in [-0.3, -0.25) is 4.99 Å². The fraction of sp³-hybridized carbons (Fsp3) is 0.444. The molecule has 2 rings (SSSR count). The molecule has 0 unspecified atom stereocenters. The highest BCUT2D eigenvalue weighted by Gasteiger charge is 2.08. The smallest absolute Gasteiger partial charge is 0.193 e. The van der Waals surface area contributed by atoms with Crippen LogP contribution in [0.5, 0.6) is 0 Å². The van der Waals surface area contributed by atoms with Crippen molar-refractivity contribution in [3.8, 4) is 5.69 Å². The van der Waals surface area contributed by atoms with Crippen LogP contribution in [0.4, 0.5) is 0 Å². The third kappa shape index (κ3) is 7.27. The largest absolute Gasteiger partial charge is 0.356 e. The van der Waals surface area contributed by atoms with Gasteiger partial charge in [0, 0.05) is 38.9 Å². The van der Waals surface area contributed by atoms with Crippen molar-refractivity contribution in [1.29, 1.82) is 0 Å². The number of nitrogens with one attached hydrogen (secondary N) is 1. The lowest BCUT2D eigenvalue weighted by molar-refractivity contribution is 0.475. The standard InChI is InChI=1S/C18H27N5S.HI/c1-19-18(20-11-7-8-12-24-3)22(2)14-16-13-21-23(15-16)17-9-5-4-6-10-17;/h4-6,9-10,13,15H,7-8,11-12,14H2,1-3H3,(H,19,20);1H. The molecule has 5 nitrogen and oxygen atoms in total. The minimum Gasteiger partial charge on any atom is -0.356 e. The van der Waals surface area contributed by atoms with Gasteiger partial charge in [0.2, 0.25) is 0 Å². The van der Waals surface area contributed by atoms with Crippen LogP contribution in [0.2, 0.25) is 0 Å². The molecule has 0 saturated heterocycles. The Hall–Kier alpha value is -1.22.